The summed E-state index contributed by atoms with van der Waals surface area (Å²) >= 11 is 3.35. The van der Waals surface area contributed by atoms with Gasteiger partial charge in [-0.25, -0.2) is 0 Å². The van der Waals surface area contributed by atoms with Crippen LogP contribution in [0.1, 0.15) is 19.8 Å². The van der Waals surface area contributed by atoms with E-state index in [9.17, 15) is 4.79 Å². The van der Waals surface area contributed by atoms with Crippen molar-refractivity contribution in [1.29, 1.82) is 0 Å². The first-order valence-electron chi connectivity index (χ1n) is 3.15. The highest BCUT2D eigenvalue weighted by molar-refractivity contribution is 9.09. The number of halogens is 1. The summed E-state index contributed by atoms with van der Waals surface area (Å²) < 4.78 is 0. The molecule has 1 aliphatic rings. The molecule has 1 amide bonds. The lowest BCUT2D eigenvalue weighted by molar-refractivity contribution is -0.127. The van der Waals surface area contributed by atoms with E-state index >= 15 is 0 Å². The van der Waals surface area contributed by atoms with Gasteiger partial charge in [-0.3, -0.25) is 4.79 Å². The summed E-state index contributed by atoms with van der Waals surface area (Å²) in [6.07, 6.45) is 1.75. The van der Waals surface area contributed by atoms with E-state index in [1.807, 2.05) is 11.8 Å². The number of alkyl halides is 1. The standard InChI is InChI=1S/C6H10BrNO.H3N/c1-5(7)8-4-2-3-6(8)9;/h5H,2-4H2,1H3;1H3. The Balaban J connectivity index is 0.000000810. The van der Waals surface area contributed by atoms with Gasteiger partial charge in [0.25, 0.3) is 0 Å². The SMILES string of the molecule is CC(Br)N1CCCC1=O.N. The van der Waals surface area contributed by atoms with Crippen molar-refractivity contribution >= 4 is 21.8 Å². The molecule has 4 heteroatoms. The Labute approximate surface area is 69.5 Å². The minimum atomic E-state index is 0. The van der Waals surface area contributed by atoms with Crippen LogP contribution in [0.15, 0.2) is 0 Å². The molecule has 0 saturated carbocycles. The van der Waals surface area contributed by atoms with Crippen molar-refractivity contribution in [3.05, 3.63) is 0 Å². The minimum absolute atomic E-state index is 0. The molecule has 3 nitrogen and oxygen atoms in total. The number of nitrogens with zero attached hydrogens (tertiary/aromatic N) is 1. The Kier molecular flexibility index (Phi) is 3.89. The molecule has 1 fully saturated rings. The van der Waals surface area contributed by atoms with Gasteiger partial charge in [0.2, 0.25) is 5.91 Å². The van der Waals surface area contributed by atoms with Crippen LogP contribution < -0.4 is 6.15 Å². The monoisotopic (exact) mass is 208 g/mol. The third-order valence-electron chi connectivity index (χ3n) is 1.54. The van der Waals surface area contributed by atoms with E-state index in [1.165, 1.54) is 0 Å². The summed E-state index contributed by atoms with van der Waals surface area (Å²) in [6.45, 7) is 2.90. The maximum Gasteiger partial charge on any atom is 0.223 e. The fraction of sp³-hybridized carbons (Fsp3) is 0.833. The second kappa shape index (κ2) is 3.93. The molecule has 0 aromatic rings. The van der Waals surface area contributed by atoms with E-state index in [4.69, 9.17) is 0 Å². The van der Waals surface area contributed by atoms with Crippen molar-refractivity contribution in [2.45, 2.75) is 24.7 Å². The number of likely N-dealkylation sites (tertiary alicyclic amines) is 1. The molecule has 0 radical (unpaired) electrons. The van der Waals surface area contributed by atoms with E-state index in [-0.39, 0.29) is 17.0 Å². The third kappa shape index (κ3) is 1.95. The summed E-state index contributed by atoms with van der Waals surface area (Å²) in [5.41, 5.74) is 0. The molecule has 1 atom stereocenters. The van der Waals surface area contributed by atoms with Gasteiger partial charge in [0, 0.05) is 13.0 Å². The van der Waals surface area contributed by atoms with Crippen LogP contribution in [0.25, 0.3) is 0 Å². The zero-order chi connectivity index (χ0) is 6.85. The van der Waals surface area contributed by atoms with Crippen molar-refractivity contribution in [2.24, 2.45) is 0 Å². The molecule has 1 aliphatic heterocycles. The average molecular weight is 209 g/mol. The van der Waals surface area contributed by atoms with Gasteiger partial charge in [0.15, 0.2) is 0 Å². The molecule has 0 aromatic carbocycles. The van der Waals surface area contributed by atoms with Crippen molar-refractivity contribution in [2.75, 3.05) is 6.54 Å². The lowest BCUT2D eigenvalue weighted by Gasteiger charge is -2.17. The van der Waals surface area contributed by atoms with Crippen LogP contribution in [0.2, 0.25) is 0 Å². The van der Waals surface area contributed by atoms with Gasteiger partial charge in [-0.2, -0.15) is 0 Å². The van der Waals surface area contributed by atoms with Gasteiger partial charge in [-0.05, 0) is 13.3 Å². The second-order valence-corrected chi connectivity index (χ2v) is 3.59. The zero-order valence-corrected chi connectivity index (χ0v) is 7.73. The molecule has 0 spiro atoms. The smallest absolute Gasteiger partial charge is 0.223 e. The maximum atomic E-state index is 10.9. The van der Waals surface area contributed by atoms with Gasteiger partial charge >= 0.3 is 0 Å². The van der Waals surface area contributed by atoms with Crippen LogP contribution in [0.4, 0.5) is 0 Å². The molecule has 3 N–H and O–H groups in total. The third-order valence-corrected chi connectivity index (χ3v) is 2.03. The molecule has 1 rings (SSSR count). The lowest BCUT2D eigenvalue weighted by atomic mass is 10.4. The normalized spacial score (nSPS) is 20.6. The summed E-state index contributed by atoms with van der Waals surface area (Å²) in [6, 6.07) is 0. The molecule has 1 unspecified atom stereocenters. The zero-order valence-electron chi connectivity index (χ0n) is 6.14. The first-order valence-corrected chi connectivity index (χ1v) is 4.07. The fourth-order valence-electron chi connectivity index (χ4n) is 1.05. The average Bonchev–Trinajstić information content (AvgIpc) is 2.13. The van der Waals surface area contributed by atoms with Gasteiger partial charge in [-0.15, -0.1) is 0 Å². The lowest BCUT2D eigenvalue weighted by Crippen LogP contribution is -2.29. The fourth-order valence-corrected chi connectivity index (χ4v) is 1.48. The second-order valence-electron chi connectivity index (χ2n) is 2.26. The number of carbonyl (C=O) groups excluding carboxylic acids is 1. The first kappa shape index (κ1) is 9.91. The number of hydrogen-bond donors (Lipinski definition) is 1. The van der Waals surface area contributed by atoms with E-state index in [2.05, 4.69) is 15.9 Å². The molecule has 0 aliphatic carbocycles. The van der Waals surface area contributed by atoms with Crippen LogP contribution in [0.3, 0.4) is 0 Å². The molecule has 60 valence electrons. The molecular formula is C6H13BrN2O. The number of amides is 1. The van der Waals surface area contributed by atoms with Crippen LogP contribution in [0.5, 0.6) is 0 Å². The highest BCUT2D eigenvalue weighted by Crippen LogP contribution is 2.16. The number of carbonyl (C=O) groups is 1. The van der Waals surface area contributed by atoms with Crippen LogP contribution in [-0.2, 0) is 4.79 Å². The first-order chi connectivity index (χ1) is 4.22. The molecular weight excluding hydrogens is 196 g/mol. The topological polar surface area (TPSA) is 55.3 Å². The van der Waals surface area contributed by atoms with E-state index in [0.29, 0.717) is 0 Å². The summed E-state index contributed by atoms with van der Waals surface area (Å²) in [5, 5.41) is 0. The van der Waals surface area contributed by atoms with Gasteiger partial charge < -0.3 is 11.1 Å². The summed E-state index contributed by atoms with van der Waals surface area (Å²) in [4.78, 5) is 13.0. The Morgan fingerprint density at radius 2 is 2.30 bits per heavy atom. The van der Waals surface area contributed by atoms with Crippen molar-refractivity contribution in [3.63, 3.8) is 0 Å². The van der Waals surface area contributed by atoms with Crippen LogP contribution >= 0.6 is 15.9 Å². The quantitative estimate of drug-likeness (QED) is 0.525. The van der Waals surface area contributed by atoms with Crippen LogP contribution in [-0.4, -0.2) is 22.3 Å². The molecule has 10 heavy (non-hydrogen) atoms. The molecule has 0 bridgehead atoms. The number of rotatable bonds is 1. The van der Waals surface area contributed by atoms with Crippen molar-refractivity contribution < 1.29 is 4.79 Å². The van der Waals surface area contributed by atoms with E-state index < -0.39 is 0 Å². The van der Waals surface area contributed by atoms with Crippen LogP contribution in [0, 0.1) is 0 Å². The van der Waals surface area contributed by atoms with Gasteiger partial charge in [0.1, 0.15) is 0 Å². The van der Waals surface area contributed by atoms with Crippen molar-refractivity contribution in [3.8, 4) is 0 Å². The molecule has 1 heterocycles. The largest absolute Gasteiger partial charge is 0.344 e. The number of hydrogen-bond acceptors (Lipinski definition) is 2. The Morgan fingerprint density at radius 1 is 1.70 bits per heavy atom. The Hall–Kier alpha value is -0.0900. The minimum Gasteiger partial charge on any atom is -0.344 e. The predicted molar refractivity (Wildman–Crippen MR) is 44.4 cm³/mol. The van der Waals surface area contributed by atoms with Gasteiger partial charge in [0.05, 0.1) is 4.95 Å². The Morgan fingerprint density at radius 3 is 2.50 bits per heavy atom. The van der Waals surface area contributed by atoms with E-state index in [0.717, 1.165) is 19.4 Å². The molecule has 0 aromatic heterocycles. The highest BCUT2D eigenvalue weighted by Gasteiger charge is 2.22. The maximum absolute atomic E-state index is 10.9. The summed E-state index contributed by atoms with van der Waals surface area (Å²) in [5.74, 6) is 0.277. The van der Waals surface area contributed by atoms with Gasteiger partial charge in [-0.1, -0.05) is 15.9 Å². The highest BCUT2D eigenvalue weighted by atomic mass is 79.9. The Bertz CT molecular complexity index is 127. The van der Waals surface area contributed by atoms with Crippen molar-refractivity contribution in [1.82, 2.24) is 11.1 Å². The molecule has 1 saturated heterocycles. The summed E-state index contributed by atoms with van der Waals surface area (Å²) in [7, 11) is 0. The van der Waals surface area contributed by atoms with E-state index in [1.54, 1.807) is 0 Å². The predicted octanol–water partition coefficient (Wildman–Crippen LogP) is 1.51.